The standard InChI is InChI=1S/C50H96O6/c1-44(2)36-30-24-18-13-10-8-7-9-11-15-21-27-33-39-48(51)54-42-47(56-50(53)41-35-29-23-17-20-26-32-38-46(5)6)43-55-49(52)40-34-28-22-16-12-14-19-25-31-37-45(3)4/h44-47H,7-43H2,1-6H3/t47-/m0/s1. The van der Waals surface area contributed by atoms with E-state index in [1.165, 1.54) is 148 Å². The van der Waals surface area contributed by atoms with E-state index in [1.807, 2.05) is 0 Å². The fourth-order valence-electron chi connectivity index (χ4n) is 7.41. The summed E-state index contributed by atoms with van der Waals surface area (Å²) >= 11 is 0. The Morgan fingerprint density at radius 3 is 0.768 bits per heavy atom. The van der Waals surface area contributed by atoms with Crippen molar-refractivity contribution in [1.82, 2.24) is 0 Å². The Kier molecular flexibility index (Phi) is 40.4. The number of hydrogen-bond donors (Lipinski definition) is 0. The van der Waals surface area contributed by atoms with Gasteiger partial charge in [0.1, 0.15) is 13.2 Å². The highest BCUT2D eigenvalue weighted by Crippen LogP contribution is 2.17. The third kappa shape index (κ3) is 43.5. The van der Waals surface area contributed by atoms with E-state index in [4.69, 9.17) is 14.2 Å². The first-order valence-electron chi connectivity index (χ1n) is 24.6. The summed E-state index contributed by atoms with van der Waals surface area (Å²) in [5.41, 5.74) is 0. The van der Waals surface area contributed by atoms with Crippen LogP contribution < -0.4 is 0 Å². The highest BCUT2D eigenvalue weighted by molar-refractivity contribution is 5.71. The smallest absolute Gasteiger partial charge is 0.306 e. The van der Waals surface area contributed by atoms with E-state index in [9.17, 15) is 14.4 Å². The summed E-state index contributed by atoms with van der Waals surface area (Å²) in [6.45, 7) is 13.6. The van der Waals surface area contributed by atoms with Crippen molar-refractivity contribution in [3.05, 3.63) is 0 Å². The summed E-state index contributed by atoms with van der Waals surface area (Å²) in [6.07, 6.45) is 39.6. The van der Waals surface area contributed by atoms with Crippen LogP contribution in [0.25, 0.3) is 0 Å². The van der Waals surface area contributed by atoms with E-state index in [2.05, 4.69) is 41.5 Å². The molecule has 6 heteroatoms. The highest BCUT2D eigenvalue weighted by atomic mass is 16.6. The van der Waals surface area contributed by atoms with Gasteiger partial charge in [0.05, 0.1) is 0 Å². The quantitative estimate of drug-likeness (QED) is 0.0348. The van der Waals surface area contributed by atoms with E-state index in [0.29, 0.717) is 19.3 Å². The van der Waals surface area contributed by atoms with Crippen LogP contribution in [-0.4, -0.2) is 37.2 Å². The number of ether oxygens (including phenoxy) is 3. The molecule has 0 fully saturated rings. The summed E-state index contributed by atoms with van der Waals surface area (Å²) in [6, 6.07) is 0. The first kappa shape index (κ1) is 54.4. The van der Waals surface area contributed by atoms with Crippen molar-refractivity contribution in [2.45, 2.75) is 272 Å². The largest absolute Gasteiger partial charge is 0.462 e. The minimum atomic E-state index is -0.762. The van der Waals surface area contributed by atoms with Gasteiger partial charge in [-0.05, 0) is 37.0 Å². The van der Waals surface area contributed by atoms with Gasteiger partial charge in [0.2, 0.25) is 0 Å². The lowest BCUT2D eigenvalue weighted by atomic mass is 10.0. The average Bonchev–Trinajstić information content (AvgIpc) is 3.15. The first-order valence-corrected chi connectivity index (χ1v) is 24.6. The molecule has 0 spiro atoms. The molecule has 0 aliphatic carbocycles. The van der Waals surface area contributed by atoms with Gasteiger partial charge in [0.15, 0.2) is 6.10 Å². The fourth-order valence-corrected chi connectivity index (χ4v) is 7.41. The molecule has 0 unspecified atom stereocenters. The van der Waals surface area contributed by atoms with E-state index < -0.39 is 6.10 Å². The number of carbonyl (C=O) groups is 3. The Morgan fingerprint density at radius 1 is 0.304 bits per heavy atom. The molecular formula is C50H96O6. The second-order valence-corrected chi connectivity index (χ2v) is 18.5. The minimum absolute atomic E-state index is 0.0658. The summed E-state index contributed by atoms with van der Waals surface area (Å²) in [7, 11) is 0. The summed E-state index contributed by atoms with van der Waals surface area (Å²) in [5, 5.41) is 0. The molecule has 0 aromatic heterocycles. The van der Waals surface area contributed by atoms with Crippen molar-refractivity contribution in [2.24, 2.45) is 17.8 Å². The van der Waals surface area contributed by atoms with Crippen molar-refractivity contribution in [3.8, 4) is 0 Å². The number of carbonyl (C=O) groups excluding carboxylic acids is 3. The van der Waals surface area contributed by atoms with Crippen molar-refractivity contribution < 1.29 is 28.6 Å². The molecule has 6 nitrogen and oxygen atoms in total. The molecule has 56 heavy (non-hydrogen) atoms. The molecule has 0 bridgehead atoms. The topological polar surface area (TPSA) is 78.9 Å². The zero-order valence-corrected chi connectivity index (χ0v) is 38.4. The van der Waals surface area contributed by atoms with Gasteiger partial charge in [0, 0.05) is 19.3 Å². The number of unbranched alkanes of at least 4 members (excludes halogenated alkanes) is 26. The van der Waals surface area contributed by atoms with Gasteiger partial charge in [-0.2, -0.15) is 0 Å². The summed E-state index contributed by atoms with van der Waals surface area (Å²) in [4.78, 5) is 37.8. The predicted molar refractivity (Wildman–Crippen MR) is 238 cm³/mol. The monoisotopic (exact) mass is 793 g/mol. The first-order chi connectivity index (χ1) is 27.1. The molecule has 0 aliphatic rings. The van der Waals surface area contributed by atoms with Gasteiger partial charge in [0.25, 0.3) is 0 Å². The summed E-state index contributed by atoms with van der Waals surface area (Å²) in [5.74, 6) is 1.57. The van der Waals surface area contributed by atoms with Crippen molar-refractivity contribution in [2.75, 3.05) is 13.2 Å². The maximum absolute atomic E-state index is 12.7. The van der Waals surface area contributed by atoms with Crippen LogP contribution in [0.1, 0.15) is 266 Å². The van der Waals surface area contributed by atoms with Crippen molar-refractivity contribution in [1.29, 1.82) is 0 Å². The van der Waals surface area contributed by atoms with E-state index in [0.717, 1.165) is 75.5 Å². The van der Waals surface area contributed by atoms with Crippen LogP contribution in [0.5, 0.6) is 0 Å². The van der Waals surface area contributed by atoms with Crippen molar-refractivity contribution >= 4 is 17.9 Å². The van der Waals surface area contributed by atoms with E-state index >= 15 is 0 Å². The third-order valence-electron chi connectivity index (χ3n) is 11.1. The lowest BCUT2D eigenvalue weighted by molar-refractivity contribution is -0.167. The Hall–Kier alpha value is -1.59. The number of rotatable bonds is 43. The van der Waals surface area contributed by atoms with Crippen LogP contribution in [0.4, 0.5) is 0 Å². The highest BCUT2D eigenvalue weighted by Gasteiger charge is 2.19. The van der Waals surface area contributed by atoms with E-state index in [-0.39, 0.29) is 31.1 Å². The van der Waals surface area contributed by atoms with Gasteiger partial charge in [-0.15, -0.1) is 0 Å². The molecule has 0 N–H and O–H groups in total. The molecular weight excluding hydrogens is 697 g/mol. The normalized spacial score (nSPS) is 12.2. The molecule has 0 heterocycles. The molecule has 0 aromatic rings. The molecule has 0 radical (unpaired) electrons. The zero-order valence-electron chi connectivity index (χ0n) is 38.4. The van der Waals surface area contributed by atoms with Gasteiger partial charge < -0.3 is 14.2 Å². The molecule has 0 aromatic carbocycles. The molecule has 0 rings (SSSR count). The minimum Gasteiger partial charge on any atom is -0.462 e. The number of esters is 3. The summed E-state index contributed by atoms with van der Waals surface area (Å²) < 4.78 is 16.8. The van der Waals surface area contributed by atoms with Gasteiger partial charge in [-0.3, -0.25) is 14.4 Å². The van der Waals surface area contributed by atoms with Crippen LogP contribution in [0, 0.1) is 17.8 Å². The fraction of sp³-hybridized carbons (Fsp3) is 0.940. The maximum atomic E-state index is 12.7. The Balaban J connectivity index is 4.29. The zero-order chi connectivity index (χ0) is 41.3. The number of hydrogen-bond acceptors (Lipinski definition) is 6. The molecule has 0 saturated carbocycles. The van der Waals surface area contributed by atoms with Crippen molar-refractivity contribution in [3.63, 3.8) is 0 Å². The van der Waals surface area contributed by atoms with Gasteiger partial charge in [-0.25, -0.2) is 0 Å². The predicted octanol–water partition coefficient (Wildman–Crippen LogP) is 15.6. The van der Waals surface area contributed by atoms with Crippen LogP contribution in [0.2, 0.25) is 0 Å². The molecule has 0 saturated heterocycles. The molecule has 0 amide bonds. The Morgan fingerprint density at radius 2 is 0.518 bits per heavy atom. The lowest BCUT2D eigenvalue weighted by Gasteiger charge is -2.18. The average molecular weight is 793 g/mol. The van der Waals surface area contributed by atoms with Gasteiger partial charge >= 0.3 is 17.9 Å². The second kappa shape index (κ2) is 41.6. The Bertz CT molecular complexity index is 868. The van der Waals surface area contributed by atoms with Crippen LogP contribution >= 0.6 is 0 Å². The van der Waals surface area contributed by atoms with Gasteiger partial charge in [-0.1, -0.05) is 228 Å². The van der Waals surface area contributed by atoms with Crippen LogP contribution in [-0.2, 0) is 28.6 Å². The van der Waals surface area contributed by atoms with E-state index in [1.54, 1.807) is 0 Å². The molecule has 332 valence electrons. The van der Waals surface area contributed by atoms with Crippen LogP contribution in [0.3, 0.4) is 0 Å². The third-order valence-corrected chi connectivity index (χ3v) is 11.1. The molecule has 0 aliphatic heterocycles. The van der Waals surface area contributed by atoms with Crippen LogP contribution in [0.15, 0.2) is 0 Å². The Labute approximate surface area is 348 Å². The SMILES string of the molecule is CC(C)CCCCCCCCCCCCCCCC(=O)OC[C@@H](COC(=O)CCCCCCCCCCCC(C)C)OC(=O)CCCCCCCCCC(C)C. The lowest BCUT2D eigenvalue weighted by Crippen LogP contribution is -2.30. The maximum Gasteiger partial charge on any atom is 0.306 e. The molecule has 1 atom stereocenters. The second-order valence-electron chi connectivity index (χ2n) is 18.5.